The lowest BCUT2D eigenvalue weighted by Crippen LogP contribution is -2.23. The van der Waals surface area contributed by atoms with Gasteiger partial charge in [0.2, 0.25) is 5.91 Å². The van der Waals surface area contributed by atoms with Crippen LogP contribution in [0.4, 0.5) is 5.82 Å². The molecule has 0 unspecified atom stereocenters. The first-order valence-corrected chi connectivity index (χ1v) is 5.53. The van der Waals surface area contributed by atoms with Gasteiger partial charge in [-0.15, -0.1) is 0 Å². The lowest BCUT2D eigenvalue weighted by molar-refractivity contribution is -0.119. The minimum Gasteiger partial charge on any atom is -0.476 e. The summed E-state index contributed by atoms with van der Waals surface area (Å²) >= 11 is 0. The number of aromatic carboxylic acids is 1. The predicted molar refractivity (Wildman–Crippen MR) is 59.6 cm³/mol. The number of carboxylic acid groups (broad SMARTS) is 1. The van der Waals surface area contributed by atoms with Crippen molar-refractivity contribution in [2.24, 2.45) is 5.92 Å². The Morgan fingerprint density at radius 1 is 1.24 bits per heavy atom. The van der Waals surface area contributed by atoms with Gasteiger partial charge in [0.05, 0.1) is 0 Å². The van der Waals surface area contributed by atoms with E-state index in [9.17, 15) is 9.59 Å². The third-order valence-corrected chi connectivity index (χ3v) is 2.87. The molecule has 2 N–H and O–H groups in total. The molecular formula is C11H13N3O3. The van der Waals surface area contributed by atoms with Crippen LogP contribution >= 0.6 is 0 Å². The summed E-state index contributed by atoms with van der Waals surface area (Å²) in [6.07, 6.45) is 6.45. The van der Waals surface area contributed by atoms with Crippen molar-refractivity contribution >= 4 is 17.7 Å². The minimum absolute atomic E-state index is 0.0249. The van der Waals surface area contributed by atoms with Gasteiger partial charge >= 0.3 is 5.97 Å². The number of carbonyl (C=O) groups excluding carboxylic acids is 1. The van der Waals surface area contributed by atoms with Gasteiger partial charge in [0.15, 0.2) is 11.5 Å². The number of carboxylic acids is 1. The summed E-state index contributed by atoms with van der Waals surface area (Å²) in [6, 6.07) is 0. The van der Waals surface area contributed by atoms with E-state index in [1.165, 1.54) is 12.4 Å². The van der Waals surface area contributed by atoms with Crippen LogP contribution < -0.4 is 5.32 Å². The van der Waals surface area contributed by atoms with Crippen LogP contribution in [0.1, 0.15) is 36.2 Å². The van der Waals surface area contributed by atoms with Crippen molar-refractivity contribution in [1.29, 1.82) is 0 Å². The van der Waals surface area contributed by atoms with Crippen LogP contribution in [0.3, 0.4) is 0 Å². The number of anilines is 1. The zero-order chi connectivity index (χ0) is 12.3. The molecule has 1 aromatic heterocycles. The zero-order valence-electron chi connectivity index (χ0n) is 9.22. The Morgan fingerprint density at radius 3 is 2.53 bits per heavy atom. The second-order valence-corrected chi connectivity index (χ2v) is 4.03. The smallest absolute Gasteiger partial charge is 0.358 e. The summed E-state index contributed by atoms with van der Waals surface area (Å²) in [7, 11) is 0. The van der Waals surface area contributed by atoms with Crippen LogP contribution in [0.25, 0.3) is 0 Å². The third kappa shape index (κ3) is 2.58. The highest BCUT2D eigenvalue weighted by molar-refractivity contribution is 5.98. The van der Waals surface area contributed by atoms with Gasteiger partial charge in [-0.2, -0.15) is 0 Å². The zero-order valence-corrected chi connectivity index (χ0v) is 9.22. The largest absolute Gasteiger partial charge is 0.476 e. The number of amides is 1. The van der Waals surface area contributed by atoms with Gasteiger partial charge in [-0.05, 0) is 12.8 Å². The van der Waals surface area contributed by atoms with Gasteiger partial charge in [0.25, 0.3) is 0 Å². The number of hydrogen-bond donors (Lipinski definition) is 2. The molecule has 17 heavy (non-hydrogen) atoms. The summed E-state index contributed by atoms with van der Waals surface area (Å²) in [5.41, 5.74) is -0.223. The van der Waals surface area contributed by atoms with Gasteiger partial charge in [0, 0.05) is 18.3 Å². The molecule has 1 fully saturated rings. The van der Waals surface area contributed by atoms with Crippen molar-refractivity contribution in [2.45, 2.75) is 25.7 Å². The van der Waals surface area contributed by atoms with E-state index in [4.69, 9.17) is 5.11 Å². The third-order valence-electron chi connectivity index (χ3n) is 2.87. The molecule has 0 aliphatic heterocycles. The number of nitrogens with one attached hydrogen (secondary N) is 1. The normalized spacial score (nSPS) is 15.8. The predicted octanol–water partition coefficient (Wildman–Crippen LogP) is 1.30. The molecule has 0 aromatic carbocycles. The lowest BCUT2D eigenvalue weighted by atomic mass is 10.1. The molecule has 1 heterocycles. The molecule has 1 aromatic rings. The van der Waals surface area contributed by atoms with Gasteiger partial charge in [-0.25, -0.2) is 14.8 Å². The van der Waals surface area contributed by atoms with Gasteiger partial charge in [-0.3, -0.25) is 4.79 Å². The summed E-state index contributed by atoms with van der Waals surface area (Å²) in [4.78, 5) is 30.2. The first-order chi connectivity index (χ1) is 8.18. The topological polar surface area (TPSA) is 92.2 Å². The highest BCUT2D eigenvalue weighted by atomic mass is 16.4. The first kappa shape index (κ1) is 11.5. The average Bonchev–Trinajstić information content (AvgIpc) is 2.83. The Bertz CT molecular complexity index is 441. The van der Waals surface area contributed by atoms with Crippen LogP contribution in [0, 0.1) is 5.92 Å². The maximum Gasteiger partial charge on any atom is 0.358 e. The van der Waals surface area contributed by atoms with Crippen molar-refractivity contribution < 1.29 is 14.7 Å². The Hall–Kier alpha value is -1.98. The Kier molecular flexibility index (Phi) is 3.32. The second kappa shape index (κ2) is 4.90. The van der Waals surface area contributed by atoms with E-state index in [2.05, 4.69) is 15.3 Å². The molecule has 0 radical (unpaired) electrons. The fourth-order valence-electron chi connectivity index (χ4n) is 1.99. The van der Waals surface area contributed by atoms with Crippen molar-refractivity contribution in [1.82, 2.24) is 9.97 Å². The lowest BCUT2D eigenvalue weighted by Gasteiger charge is -2.10. The summed E-state index contributed by atoms with van der Waals surface area (Å²) < 4.78 is 0. The van der Waals surface area contributed by atoms with E-state index in [0.29, 0.717) is 0 Å². The summed E-state index contributed by atoms with van der Waals surface area (Å²) in [5.74, 6) is -1.36. The van der Waals surface area contributed by atoms with Crippen LogP contribution in [-0.4, -0.2) is 27.0 Å². The van der Waals surface area contributed by atoms with Crippen molar-refractivity contribution in [3.05, 3.63) is 18.1 Å². The maximum absolute atomic E-state index is 11.8. The second-order valence-electron chi connectivity index (χ2n) is 4.03. The number of hydrogen-bond acceptors (Lipinski definition) is 4. The quantitative estimate of drug-likeness (QED) is 0.823. The molecule has 1 aliphatic rings. The fraction of sp³-hybridized carbons (Fsp3) is 0.455. The summed E-state index contributed by atoms with van der Waals surface area (Å²) in [5, 5.41) is 11.4. The molecular weight excluding hydrogens is 222 g/mol. The van der Waals surface area contributed by atoms with E-state index >= 15 is 0 Å². The van der Waals surface area contributed by atoms with Crippen molar-refractivity contribution in [3.63, 3.8) is 0 Å². The average molecular weight is 235 g/mol. The first-order valence-electron chi connectivity index (χ1n) is 5.53. The fourth-order valence-corrected chi connectivity index (χ4v) is 1.99. The van der Waals surface area contributed by atoms with E-state index in [-0.39, 0.29) is 23.3 Å². The van der Waals surface area contributed by atoms with Crippen LogP contribution in [-0.2, 0) is 4.79 Å². The molecule has 0 atom stereocenters. The Balaban J connectivity index is 2.12. The molecule has 1 saturated carbocycles. The molecule has 6 heteroatoms. The molecule has 6 nitrogen and oxygen atoms in total. The molecule has 0 bridgehead atoms. The summed E-state index contributed by atoms with van der Waals surface area (Å²) in [6.45, 7) is 0. The Morgan fingerprint density at radius 2 is 1.88 bits per heavy atom. The molecule has 2 rings (SSSR count). The van der Waals surface area contributed by atoms with E-state index in [1.807, 2.05) is 0 Å². The number of rotatable bonds is 3. The Labute approximate surface area is 98.1 Å². The molecule has 0 spiro atoms. The SMILES string of the molecule is O=C(O)c1nccnc1NC(=O)C1CCCC1. The van der Waals surface area contributed by atoms with E-state index in [0.717, 1.165) is 25.7 Å². The highest BCUT2D eigenvalue weighted by Crippen LogP contribution is 2.25. The van der Waals surface area contributed by atoms with E-state index in [1.54, 1.807) is 0 Å². The molecule has 1 aliphatic carbocycles. The van der Waals surface area contributed by atoms with Crippen LogP contribution in [0.5, 0.6) is 0 Å². The van der Waals surface area contributed by atoms with E-state index < -0.39 is 5.97 Å². The standard InChI is InChI=1S/C11H13N3O3/c15-10(7-3-1-2-4-7)14-9-8(11(16)17)12-5-6-13-9/h5-7H,1-4H2,(H,16,17)(H,13,14,15). The monoisotopic (exact) mass is 235 g/mol. The van der Waals surface area contributed by atoms with Gasteiger partial charge in [-0.1, -0.05) is 12.8 Å². The van der Waals surface area contributed by atoms with Crippen LogP contribution in [0.2, 0.25) is 0 Å². The minimum atomic E-state index is -1.19. The van der Waals surface area contributed by atoms with Gasteiger partial charge in [0.1, 0.15) is 0 Å². The van der Waals surface area contributed by atoms with Crippen molar-refractivity contribution in [3.8, 4) is 0 Å². The molecule has 90 valence electrons. The highest BCUT2D eigenvalue weighted by Gasteiger charge is 2.24. The van der Waals surface area contributed by atoms with Gasteiger partial charge < -0.3 is 10.4 Å². The van der Waals surface area contributed by atoms with Crippen LogP contribution in [0.15, 0.2) is 12.4 Å². The number of nitrogens with zero attached hydrogens (tertiary/aromatic N) is 2. The number of carbonyl (C=O) groups is 2. The molecule has 1 amide bonds. The molecule has 0 saturated heterocycles. The number of aromatic nitrogens is 2. The maximum atomic E-state index is 11.8. The van der Waals surface area contributed by atoms with Crippen molar-refractivity contribution in [2.75, 3.05) is 5.32 Å².